The van der Waals surface area contributed by atoms with Crippen molar-refractivity contribution >= 4 is 5.82 Å². The molecule has 0 aliphatic carbocycles. The highest BCUT2D eigenvalue weighted by Gasteiger charge is 2.18. The van der Waals surface area contributed by atoms with Crippen LogP contribution in [0.15, 0.2) is 30.3 Å². The Bertz CT molecular complexity index is 569. The summed E-state index contributed by atoms with van der Waals surface area (Å²) in [7, 11) is 1.83. The highest BCUT2D eigenvalue weighted by molar-refractivity contribution is 5.69. The molecule has 0 saturated carbocycles. The van der Waals surface area contributed by atoms with Crippen LogP contribution in [0.3, 0.4) is 0 Å². The number of rotatable bonds is 3. The Hall–Kier alpha value is -2.01. The zero-order valence-electron chi connectivity index (χ0n) is 11.6. The lowest BCUT2D eigenvalue weighted by Gasteiger charge is -2.24. The lowest BCUT2D eigenvalue weighted by molar-refractivity contribution is 0.0258. The van der Waals surface area contributed by atoms with Crippen LogP contribution in [0, 0.1) is 0 Å². The van der Waals surface area contributed by atoms with Crippen molar-refractivity contribution in [1.82, 2.24) is 9.78 Å². The second kappa shape index (κ2) is 5.54. The lowest BCUT2D eigenvalue weighted by Crippen LogP contribution is -2.26. The number of aryl methyl sites for hydroxylation is 1. The van der Waals surface area contributed by atoms with Gasteiger partial charge in [-0.05, 0) is 12.1 Å². The molecule has 1 aromatic carbocycles. The van der Waals surface area contributed by atoms with E-state index >= 15 is 0 Å². The number of para-hydroxylation sites is 1. The molecule has 1 aliphatic heterocycles. The minimum absolute atomic E-state index is 0.214. The molecule has 1 saturated heterocycles. The zero-order valence-corrected chi connectivity index (χ0v) is 11.6. The smallest absolute Gasteiger partial charge is 0.129 e. The van der Waals surface area contributed by atoms with E-state index < -0.39 is 0 Å². The Balaban J connectivity index is 1.87. The van der Waals surface area contributed by atoms with Crippen molar-refractivity contribution < 1.29 is 9.47 Å². The first-order chi connectivity index (χ1) is 9.74. The van der Waals surface area contributed by atoms with Crippen LogP contribution in [-0.4, -0.2) is 29.1 Å². The molecule has 0 bridgehead atoms. The summed E-state index contributed by atoms with van der Waals surface area (Å²) in [6, 6.07) is 9.82. The van der Waals surface area contributed by atoms with Crippen molar-refractivity contribution in [3.05, 3.63) is 30.3 Å². The maximum atomic E-state index is 6.12. The van der Waals surface area contributed by atoms with Crippen LogP contribution < -0.4 is 10.5 Å². The molecule has 2 N–H and O–H groups in total. The fraction of sp³-hybridized carbons (Fsp3) is 0.400. The largest absolute Gasteiger partial charge is 0.490 e. The third-order valence-corrected chi connectivity index (χ3v) is 3.54. The van der Waals surface area contributed by atoms with Gasteiger partial charge in [-0.1, -0.05) is 12.1 Å². The number of nitrogens with two attached hydrogens (primary N) is 1. The van der Waals surface area contributed by atoms with Gasteiger partial charge in [0.2, 0.25) is 0 Å². The fourth-order valence-electron chi connectivity index (χ4n) is 2.37. The molecule has 0 amide bonds. The number of hydrogen-bond acceptors (Lipinski definition) is 4. The molecule has 0 unspecified atom stereocenters. The van der Waals surface area contributed by atoms with Crippen LogP contribution in [0.5, 0.6) is 5.75 Å². The molecule has 1 aliphatic rings. The highest BCUT2D eigenvalue weighted by Crippen LogP contribution is 2.31. The minimum Gasteiger partial charge on any atom is -0.490 e. The average molecular weight is 273 g/mol. The molecule has 5 heteroatoms. The second-order valence-electron chi connectivity index (χ2n) is 5.00. The average Bonchev–Trinajstić information content (AvgIpc) is 2.80. The molecule has 2 aromatic rings. The summed E-state index contributed by atoms with van der Waals surface area (Å²) >= 11 is 0. The molecule has 0 atom stereocenters. The molecule has 5 nitrogen and oxygen atoms in total. The molecule has 1 fully saturated rings. The molecule has 2 heterocycles. The van der Waals surface area contributed by atoms with Gasteiger partial charge in [-0.3, -0.25) is 4.68 Å². The zero-order chi connectivity index (χ0) is 13.9. The number of nitrogen functional groups attached to an aromatic ring is 1. The SMILES string of the molecule is Cn1nc(-c2ccccc2OC2CCOCC2)cc1N. The molecular weight excluding hydrogens is 254 g/mol. The Kier molecular flexibility index (Phi) is 3.60. The molecule has 0 spiro atoms. The van der Waals surface area contributed by atoms with Crippen molar-refractivity contribution in [2.45, 2.75) is 18.9 Å². The summed E-state index contributed by atoms with van der Waals surface area (Å²) < 4.78 is 13.1. The van der Waals surface area contributed by atoms with Gasteiger partial charge < -0.3 is 15.2 Å². The van der Waals surface area contributed by atoms with E-state index in [1.165, 1.54) is 0 Å². The molecule has 1 aromatic heterocycles. The van der Waals surface area contributed by atoms with Crippen LogP contribution in [0.4, 0.5) is 5.82 Å². The molecule has 0 radical (unpaired) electrons. The maximum Gasteiger partial charge on any atom is 0.129 e. The Morgan fingerprint density at radius 2 is 2.05 bits per heavy atom. The molecule has 20 heavy (non-hydrogen) atoms. The molecular formula is C15H19N3O2. The van der Waals surface area contributed by atoms with Crippen molar-refractivity contribution in [1.29, 1.82) is 0 Å². The van der Waals surface area contributed by atoms with Gasteiger partial charge in [0, 0.05) is 31.5 Å². The molecule has 3 rings (SSSR count). The summed E-state index contributed by atoms with van der Waals surface area (Å²) in [5.74, 6) is 1.50. The predicted molar refractivity (Wildman–Crippen MR) is 77.5 cm³/mol. The first-order valence-corrected chi connectivity index (χ1v) is 6.87. The van der Waals surface area contributed by atoms with E-state index in [1.54, 1.807) is 4.68 Å². The van der Waals surface area contributed by atoms with E-state index in [9.17, 15) is 0 Å². The maximum absolute atomic E-state index is 6.12. The van der Waals surface area contributed by atoms with Gasteiger partial charge in [-0.2, -0.15) is 5.10 Å². The fourth-order valence-corrected chi connectivity index (χ4v) is 2.37. The van der Waals surface area contributed by atoms with Crippen LogP contribution >= 0.6 is 0 Å². The van der Waals surface area contributed by atoms with E-state index in [2.05, 4.69) is 5.10 Å². The van der Waals surface area contributed by atoms with Crippen LogP contribution in [0.1, 0.15) is 12.8 Å². The summed E-state index contributed by atoms with van der Waals surface area (Å²) in [5.41, 5.74) is 7.67. The first-order valence-electron chi connectivity index (χ1n) is 6.87. The number of ether oxygens (including phenoxy) is 2. The second-order valence-corrected chi connectivity index (χ2v) is 5.00. The first kappa shape index (κ1) is 13.0. The van der Waals surface area contributed by atoms with Gasteiger partial charge >= 0.3 is 0 Å². The quantitative estimate of drug-likeness (QED) is 0.931. The van der Waals surface area contributed by atoms with Gasteiger partial charge in [0.05, 0.1) is 18.9 Å². The van der Waals surface area contributed by atoms with Crippen molar-refractivity contribution in [2.24, 2.45) is 7.05 Å². The summed E-state index contributed by atoms with van der Waals surface area (Å²) in [6.45, 7) is 1.53. The van der Waals surface area contributed by atoms with Gasteiger partial charge in [0.25, 0.3) is 0 Å². The number of anilines is 1. The third kappa shape index (κ3) is 2.63. The van der Waals surface area contributed by atoms with Crippen molar-refractivity contribution in [3.8, 4) is 17.0 Å². The number of hydrogen-bond donors (Lipinski definition) is 1. The summed E-state index contributed by atoms with van der Waals surface area (Å²) in [6.07, 6.45) is 2.07. The van der Waals surface area contributed by atoms with Crippen LogP contribution in [0.2, 0.25) is 0 Å². The van der Waals surface area contributed by atoms with Gasteiger partial charge in [0.15, 0.2) is 0 Å². The Morgan fingerprint density at radius 3 is 2.75 bits per heavy atom. The summed E-state index contributed by atoms with van der Waals surface area (Å²) in [5, 5.41) is 4.42. The lowest BCUT2D eigenvalue weighted by atomic mass is 10.1. The van der Waals surface area contributed by atoms with E-state index in [4.69, 9.17) is 15.2 Å². The number of aromatic nitrogens is 2. The predicted octanol–water partition coefficient (Wildman–Crippen LogP) is 2.23. The minimum atomic E-state index is 0.214. The van der Waals surface area contributed by atoms with E-state index in [-0.39, 0.29) is 6.10 Å². The van der Waals surface area contributed by atoms with Gasteiger partial charge in [-0.25, -0.2) is 0 Å². The van der Waals surface area contributed by atoms with Crippen LogP contribution in [0.25, 0.3) is 11.3 Å². The number of benzene rings is 1. The Morgan fingerprint density at radius 1 is 1.30 bits per heavy atom. The third-order valence-electron chi connectivity index (χ3n) is 3.54. The topological polar surface area (TPSA) is 62.3 Å². The van der Waals surface area contributed by atoms with Gasteiger partial charge in [-0.15, -0.1) is 0 Å². The Labute approximate surface area is 118 Å². The normalized spacial score (nSPS) is 16.2. The number of nitrogens with zero attached hydrogens (tertiary/aromatic N) is 2. The van der Waals surface area contributed by atoms with Gasteiger partial charge in [0.1, 0.15) is 17.7 Å². The van der Waals surface area contributed by atoms with E-state index in [1.807, 2.05) is 37.4 Å². The van der Waals surface area contributed by atoms with E-state index in [0.717, 1.165) is 43.1 Å². The van der Waals surface area contributed by atoms with E-state index in [0.29, 0.717) is 5.82 Å². The van der Waals surface area contributed by atoms with Crippen molar-refractivity contribution in [3.63, 3.8) is 0 Å². The highest BCUT2D eigenvalue weighted by atomic mass is 16.5. The van der Waals surface area contributed by atoms with Crippen LogP contribution in [-0.2, 0) is 11.8 Å². The summed E-state index contributed by atoms with van der Waals surface area (Å²) in [4.78, 5) is 0. The standard InChI is InChI=1S/C15H19N3O2/c1-18-15(16)10-13(17-18)12-4-2-3-5-14(12)20-11-6-8-19-9-7-11/h2-5,10-11H,6-9,16H2,1H3. The van der Waals surface area contributed by atoms with Crippen molar-refractivity contribution in [2.75, 3.05) is 18.9 Å². The molecule has 106 valence electrons. The monoisotopic (exact) mass is 273 g/mol.